The third-order valence-corrected chi connectivity index (χ3v) is 6.65. The van der Waals surface area contributed by atoms with E-state index in [2.05, 4.69) is 34.4 Å². The zero-order valence-corrected chi connectivity index (χ0v) is 13.0. The molecule has 0 radical (unpaired) electrons. The lowest BCUT2D eigenvalue weighted by atomic mass is 9.95. The van der Waals surface area contributed by atoms with Crippen LogP contribution in [0.3, 0.4) is 0 Å². The topological polar surface area (TPSA) is 6.48 Å². The molecule has 4 heterocycles. The first-order valence-electron chi connectivity index (χ1n) is 7.15. The van der Waals surface area contributed by atoms with Crippen molar-refractivity contribution < 1.29 is 0 Å². The highest BCUT2D eigenvalue weighted by Crippen LogP contribution is 2.44. The molecule has 0 spiro atoms. The van der Waals surface area contributed by atoms with Crippen molar-refractivity contribution in [2.45, 2.75) is 18.9 Å². The highest BCUT2D eigenvalue weighted by atomic mass is 32.2. The van der Waals surface area contributed by atoms with Crippen LogP contribution >= 0.6 is 23.5 Å². The summed E-state index contributed by atoms with van der Waals surface area (Å²) in [6, 6.07) is 0.690. The van der Waals surface area contributed by atoms with Crippen LogP contribution in [0.15, 0.2) is 33.9 Å². The van der Waals surface area contributed by atoms with Crippen LogP contribution in [0.5, 0.6) is 0 Å². The number of fused-ring (bicyclic) bond motifs is 3. The molecule has 4 aliphatic rings. The fourth-order valence-corrected chi connectivity index (χ4v) is 5.91. The van der Waals surface area contributed by atoms with Crippen molar-refractivity contribution in [2.24, 2.45) is 5.92 Å². The fraction of sp³-hybridized carbons (Fsp3) is 0.600. The molecule has 2 fully saturated rings. The standard InChI is InChI=1S/C15H20N2S2/c1-18-15-14-12(4-7-19-14)3-6-17(15)13-8-11-2-5-16(9-11)10-13/h3-4,6,11,13H,2,5,7-10H2,1H3/t11-,13-/m1/s1. The number of rotatable bonds is 2. The zero-order valence-electron chi connectivity index (χ0n) is 11.3. The maximum absolute atomic E-state index is 2.66. The molecule has 0 saturated carbocycles. The Morgan fingerprint density at radius 1 is 1.37 bits per heavy atom. The second kappa shape index (κ2) is 4.90. The monoisotopic (exact) mass is 292 g/mol. The number of nitrogens with zero attached hydrogens (tertiary/aromatic N) is 2. The Hall–Kier alpha value is -0.320. The summed E-state index contributed by atoms with van der Waals surface area (Å²) in [7, 11) is 0. The molecule has 0 N–H and O–H groups in total. The lowest BCUT2D eigenvalue weighted by molar-refractivity contribution is 0.171. The second-order valence-electron chi connectivity index (χ2n) is 5.84. The van der Waals surface area contributed by atoms with Gasteiger partial charge in [0.25, 0.3) is 0 Å². The molecule has 0 aliphatic carbocycles. The van der Waals surface area contributed by atoms with Gasteiger partial charge in [-0.2, -0.15) is 0 Å². The minimum absolute atomic E-state index is 0.690. The van der Waals surface area contributed by atoms with Crippen LogP contribution in [0.4, 0.5) is 0 Å². The summed E-state index contributed by atoms with van der Waals surface area (Å²) in [5.41, 5.74) is 1.45. The summed E-state index contributed by atoms with van der Waals surface area (Å²) >= 11 is 3.92. The van der Waals surface area contributed by atoms with Gasteiger partial charge in [0.05, 0.1) is 5.03 Å². The van der Waals surface area contributed by atoms with Crippen LogP contribution in [-0.2, 0) is 0 Å². The van der Waals surface area contributed by atoms with E-state index in [1.807, 2.05) is 23.5 Å². The van der Waals surface area contributed by atoms with E-state index in [4.69, 9.17) is 0 Å². The number of allylic oxidation sites excluding steroid dienone is 2. The molecule has 0 amide bonds. The van der Waals surface area contributed by atoms with Crippen molar-refractivity contribution in [3.05, 3.63) is 33.9 Å². The molecule has 2 nitrogen and oxygen atoms in total. The predicted molar refractivity (Wildman–Crippen MR) is 85.0 cm³/mol. The van der Waals surface area contributed by atoms with Crippen molar-refractivity contribution in [3.63, 3.8) is 0 Å². The van der Waals surface area contributed by atoms with Crippen molar-refractivity contribution in [1.82, 2.24) is 9.80 Å². The summed E-state index contributed by atoms with van der Waals surface area (Å²) in [4.78, 5) is 6.74. The Labute approximate surface area is 124 Å². The lowest BCUT2D eigenvalue weighted by Crippen LogP contribution is -2.45. The van der Waals surface area contributed by atoms with E-state index in [-0.39, 0.29) is 0 Å². The average Bonchev–Trinajstić information content (AvgIpc) is 3.03. The third kappa shape index (κ3) is 2.08. The van der Waals surface area contributed by atoms with E-state index in [1.165, 1.54) is 48.0 Å². The molecule has 0 aromatic heterocycles. The quantitative estimate of drug-likeness (QED) is 0.771. The molecule has 3 atom stereocenters. The largest absolute Gasteiger partial charge is 0.338 e. The lowest BCUT2D eigenvalue weighted by Gasteiger charge is -2.40. The number of hydrogen-bond acceptors (Lipinski definition) is 4. The summed E-state index contributed by atoms with van der Waals surface area (Å²) in [5, 5.41) is 1.49. The maximum atomic E-state index is 2.66. The van der Waals surface area contributed by atoms with Gasteiger partial charge < -0.3 is 9.80 Å². The maximum Gasteiger partial charge on any atom is 0.0892 e. The Morgan fingerprint density at radius 3 is 3.16 bits per heavy atom. The number of hydrogen-bond donors (Lipinski definition) is 0. The number of piperidine rings is 1. The van der Waals surface area contributed by atoms with Crippen LogP contribution in [0.2, 0.25) is 0 Å². The molecule has 2 saturated heterocycles. The van der Waals surface area contributed by atoms with Gasteiger partial charge in [-0.15, -0.1) is 23.5 Å². The van der Waals surface area contributed by atoms with Gasteiger partial charge >= 0.3 is 0 Å². The average molecular weight is 292 g/mol. The van der Waals surface area contributed by atoms with Gasteiger partial charge in [-0.1, -0.05) is 6.08 Å². The summed E-state index contributed by atoms with van der Waals surface area (Å²) in [6.45, 7) is 3.92. The van der Waals surface area contributed by atoms with E-state index < -0.39 is 0 Å². The molecule has 1 unspecified atom stereocenters. The first kappa shape index (κ1) is 12.4. The zero-order chi connectivity index (χ0) is 12.8. The van der Waals surface area contributed by atoms with Gasteiger partial charge in [0.15, 0.2) is 0 Å². The summed E-state index contributed by atoms with van der Waals surface area (Å²) in [6.07, 6.45) is 12.0. The fourth-order valence-electron chi connectivity index (χ4n) is 3.78. The Bertz CT molecular complexity index is 469. The first-order chi connectivity index (χ1) is 9.35. The molecule has 0 aromatic rings. The van der Waals surface area contributed by atoms with Crippen LogP contribution < -0.4 is 0 Å². The Balaban J connectivity index is 1.62. The van der Waals surface area contributed by atoms with Gasteiger partial charge in [-0.3, -0.25) is 0 Å². The molecule has 4 rings (SSSR count). The molecular weight excluding hydrogens is 272 g/mol. The van der Waals surface area contributed by atoms with E-state index in [0.29, 0.717) is 6.04 Å². The van der Waals surface area contributed by atoms with Gasteiger partial charge in [0.1, 0.15) is 0 Å². The minimum Gasteiger partial charge on any atom is -0.338 e. The summed E-state index contributed by atoms with van der Waals surface area (Å²) in [5.74, 6) is 2.08. The van der Waals surface area contributed by atoms with E-state index in [9.17, 15) is 0 Å². The summed E-state index contributed by atoms with van der Waals surface area (Å²) < 4.78 is 0. The normalized spacial score (nSPS) is 36.8. The first-order valence-corrected chi connectivity index (χ1v) is 9.36. The van der Waals surface area contributed by atoms with Crippen molar-refractivity contribution in [3.8, 4) is 0 Å². The second-order valence-corrected chi connectivity index (χ2v) is 7.66. The minimum atomic E-state index is 0.690. The van der Waals surface area contributed by atoms with Crippen LogP contribution in [-0.4, -0.2) is 47.5 Å². The highest BCUT2D eigenvalue weighted by molar-refractivity contribution is 8.06. The predicted octanol–water partition coefficient (Wildman–Crippen LogP) is 3.12. The van der Waals surface area contributed by atoms with Crippen LogP contribution in [0.25, 0.3) is 0 Å². The van der Waals surface area contributed by atoms with Crippen molar-refractivity contribution in [2.75, 3.05) is 31.6 Å². The van der Waals surface area contributed by atoms with Crippen molar-refractivity contribution in [1.29, 1.82) is 0 Å². The van der Waals surface area contributed by atoms with Crippen LogP contribution in [0, 0.1) is 5.92 Å². The smallest absolute Gasteiger partial charge is 0.0892 e. The molecule has 102 valence electrons. The molecule has 4 heteroatoms. The Kier molecular flexibility index (Phi) is 3.20. The molecule has 0 aromatic carbocycles. The third-order valence-electron chi connectivity index (χ3n) is 4.67. The van der Waals surface area contributed by atoms with Gasteiger partial charge in [0, 0.05) is 36.0 Å². The molecule has 19 heavy (non-hydrogen) atoms. The van der Waals surface area contributed by atoms with E-state index in [0.717, 1.165) is 11.7 Å². The van der Waals surface area contributed by atoms with Crippen LogP contribution in [0.1, 0.15) is 12.8 Å². The van der Waals surface area contributed by atoms with E-state index in [1.54, 1.807) is 0 Å². The Morgan fingerprint density at radius 2 is 2.32 bits per heavy atom. The van der Waals surface area contributed by atoms with Gasteiger partial charge in [0.2, 0.25) is 0 Å². The van der Waals surface area contributed by atoms with Gasteiger partial charge in [-0.05, 0) is 43.2 Å². The number of thioether (sulfide) groups is 2. The molecule has 4 aliphatic heterocycles. The molecular formula is C15H20N2S2. The van der Waals surface area contributed by atoms with Gasteiger partial charge in [-0.25, -0.2) is 0 Å². The highest BCUT2D eigenvalue weighted by Gasteiger charge is 2.36. The SMILES string of the molecule is CSC1=C2SCC=C2C=CN1[C@@H]1C[C@H]2CCN(C2)C1. The van der Waals surface area contributed by atoms with E-state index >= 15 is 0 Å². The molecule has 2 bridgehead atoms. The van der Waals surface area contributed by atoms with Crippen molar-refractivity contribution >= 4 is 23.5 Å².